The molecule has 1 aliphatic rings. The van der Waals surface area contributed by atoms with Crippen LogP contribution in [0, 0.1) is 0 Å². The average Bonchev–Trinajstić information content (AvgIpc) is 2.98. The summed E-state index contributed by atoms with van der Waals surface area (Å²) in [7, 11) is 0. The van der Waals surface area contributed by atoms with Gasteiger partial charge >= 0.3 is 0 Å². The minimum atomic E-state index is -0.461. The van der Waals surface area contributed by atoms with Gasteiger partial charge in [-0.25, -0.2) is 0 Å². The second-order valence-corrected chi connectivity index (χ2v) is 4.85. The van der Waals surface area contributed by atoms with Crippen LogP contribution >= 0.6 is 0 Å². The maximum absolute atomic E-state index is 12.2. The van der Waals surface area contributed by atoms with Crippen molar-refractivity contribution in [2.45, 2.75) is 0 Å². The van der Waals surface area contributed by atoms with Crippen molar-refractivity contribution in [3.8, 4) is 34.3 Å². The number of phenols is 2. The van der Waals surface area contributed by atoms with Gasteiger partial charge in [-0.1, -0.05) is 0 Å². The number of benzene rings is 2. The first-order valence-electron chi connectivity index (χ1n) is 6.52. The Balaban J connectivity index is 1.96. The Morgan fingerprint density at radius 1 is 0.955 bits per heavy atom. The van der Waals surface area contributed by atoms with Crippen LogP contribution in [-0.4, -0.2) is 17.0 Å². The SMILES string of the molecule is O=c1cc(-c2ccc3c(c2)OCO3)oc2c(O)c(O)ccc12. The molecule has 1 aromatic heterocycles. The summed E-state index contributed by atoms with van der Waals surface area (Å²) in [5.41, 5.74) is 0.232. The van der Waals surface area contributed by atoms with Crippen molar-refractivity contribution in [2.75, 3.05) is 6.79 Å². The summed E-state index contributed by atoms with van der Waals surface area (Å²) in [6, 6.07) is 9.10. The maximum Gasteiger partial charge on any atom is 0.231 e. The van der Waals surface area contributed by atoms with Crippen molar-refractivity contribution < 1.29 is 24.1 Å². The second-order valence-electron chi connectivity index (χ2n) is 4.85. The first kappa shape index (κ1) is 12.6. The van der Waals surface area contributed by atoms with E-state index in [1.807, 2.05) is 0 Å². The lowest BCUT2D eigenvalue weighted by Crippen LogP contribution is -2.00. The lowest BCUT2D eigenvalue weighted by atomic mass is 10.1. The summed E-state index contributed by atoms with van der Waals surface area (Å²) in [6.07, 6.45) is 0. The van der Waals surface area contributed by atoms with Gasteiger partial charge in [0.05, 0.1) is 5.39 Å². The van der Waals surface area contributed by atoms with Crippen molar-refractivity contribution in [1.29, 1.82) is 0 Å². The summed E-state index contributed by atoms with van der Waals surface area (Å²) >= 11 is 0. The molecule has 4 rings (SSSR count). The minimum Gasteiger partial charge on any atom is -0.504 e. The highest BCUT2D eigenvalue weighted by Crippen LogP contribution is 2.38. The average molecular weight is 298 g/mol. The van der Waals surface area contributed by atoms with E-state index in [1.165, 1.54) is 18.2 Å². The summed E-state index contributed by atoms with van der Waals surface area (Å²) in [4.78, 5) is 12.2. The Bertz CT molecular complexity index is 957. The van der Waals surface area contributed by atoms with Crippen molar-refractivity contribution in [3.63, 3.8) is 0 Å². The van der Waals surface area contributed by atoms with Crippen LogP contribution in [0.5, 0.6) is 23.0 Å². The molecule has 0 saturated carbocycles. The molecule has 22 heavy (non-hydrogen) atoms. The fourth-order valence-electron chi connectivity index (χ4n) is 2.39. The molecule has 2 N–H and O–H groups in total. The predicted molar refractivity (Wildman–Crippen MR) is 77.4 cm³/mol. The van der Waals surface area contributed by atoms with E-state index in [0.717, 1.165) is 0 Å². The normalized spacial score (nSPS) is 12.7. The third-order valence-electron chi connectivity index (χ3n) is 3.51. The predicted octanol–water partition coefficient (Wildman–Crippen LogP) is 2.60. The van der Waals surface area contributed by atoms with E-state index in [2.05, 4.69) is 0 Å². The lowest BCUT2D eigenvalue weighted by Gasteiger charge is -2.06. The number of ether oxygens (including phenoxy) is 2. The van der Waals surface area contributed by atoms with Gasteiger partial charge in [0.2, 0.25) is 12.5 Å². The molecule has 0 fully saturated rings. The second kappa shape index (κ2) is 4.42. The molecule has 1 aliphatic heterocycles. The Hall–Kier alpha value is -3.15. The molecule has 6 nitrogen and oxygen atoms in total. The van der Waals surface area contributed by atoms with Gasteiger partial charge in [0, 0.05) is 11.6 Å². The Labute approximate surface area is 123 Å². The van der Waals surface area contributed by atoms with Crippen molar-refractivity contribution in [1.82, 2.24) is 0 Å². The number of aromatic hydroxyl groups is 2. The summed E-state index contributed by atoms with van der Waals surface area (Å²) in [6.45, 7) is 0.148. The van der Waals surface area contributed by atoms with E-state index >= 15 is 0 Å². The van der Waals surface area contributed by atoms with Gasteiger partial charge in [0.15, 0.2) is 28.3 Å². The Morgan fingerprint density at radius 2 is 1.77 bits per heavy atom. The quantitative estimate of drug-likeness (QED) is 0.671. The molecule has 0 amide bonds. The van der Waals surface area contributed by atoms with Gasteiger partial charge in [-0.05, 0) is 30.3 Å². The van der Waals surface area contributed by atoms with Gasteiger partial charge in [0.25, 0.3) is 0 Å². The van der Waals surface area contributed by atoms with Gasteiger partial charge in [0.1, 0.15) is 5.76 Å². The fraction of sp³-hybridized carbons (Fsp3) is 0.0625. The molecule has 0 radical (unpaired) electrons. The first-order chi connectivity index (χ1) is 10.6. The van der Waals surface area contributed by atoms with Crippen LogP contribution in [0.1, 0.15) is 0 Å². The number of fused-ring (bicyclic) bond motifs is 2. The zero-order valence-corrected chi connectivity index (χ0v) is 11.2. The van der Waals surface area contributed by atoms with Crippen LogP contribution in [0.3, 0.4) is 0 Å². The number of phenolic OH excluding ortho intramolecular Hbond substituents is 2. The molecular formula is C16H10O6. The number of hydrogen-bond acceptors (Lipinski definition) is 6. The molecule has 110 valence electrons. The highest BCUT2D eigenvalue weighted by Gasteiger charge is 2.17. The molecule has 2 aromatic carbocycles. The third kappa shape index (κ3) is 1.77. The highest BCUT2D eigenvalue weighted by molar-refractivity contribution is 5.86. The molecule has 0 atom stereocenters. The third-order valence-corrected chi connectivity index (χ3v) is 3.51. The molecule has 0 unspecified atom stereocenters. The zero-order chi connectivity index (χ0) is 15.3. The Morgan fingerprint density at radius 3 is 2.64 bits per heavy atom. The van der Waals surface area contributed by atoms with E-state index in [1.54, 1.807) is 18.2 Å². The monoisotopic (exact) mass is 298 g/mol. The van der Waals surface area contributed by atoms with Crippen molar-refractivity contribution in [2.24, 2.45) is 0 Å². The molecule has 3 aromatic rings. The summed E-state index contributed by atoms with van der Waals surface area (Å²) in [5, 5.41) is 19.6. The molecule has 0 aliphatic carbocycles. The van der Waals surface area contributed by atoms with Gasteiger partial charge in [-0.2, -0.15) is 0 Å². The molecule has 0 saturated heterocycles. The van der Waals surface area contributed by atoms with Gasteiger partial charge in [-0.3, -0.25) is 4.79 Å². The molecule has 6 heteroatoms. The van der Waals surface area contributed by atoms with E-state index in [4.69, 9.17) is 13.9 Å². The first-order valence-corrected chi connectivity index (χ1v) is 6.52. The van der Waals surface area contributed by atoms with Crippen molar-refractivity contribution in [3.05, 3.63) is 46.6 Å². The maximum atomic E-state index is 12.2. The number of hydrogen-bond donors (Lipinski definition) is 2. The topological polar surface area (TPSA) is 89.1 Å². The van der Waals surface area contributed by atoms with Crippen LogP contribution in [0.15, 0.2) is 45.6 Å². The number of rotatable bonds is 1. The molecule has 2 heterocycles. The highest BCUT2D eigenvalue weighted by atomic mass is 16.7. The van der Waals surface area contributed by atoms with E-state index < -0.39 is 5.75 Å². The van der Waals surface area contributed by atoms with E-state index in [9.17, 15) is 15.0 Å². The van der Waals surface area contributed by atoms with Crippen LogP contribution in [0.2, 0.25) is 0 Å². The fourth-order valence-corrected chi connectivity index (χ4v) is 2.39. The smallest absolute Gasteiger partial charge is 0.231 e. The van der Waals surface area contributed by atoms with E-state index in [-0.39, 0.29) is 34.7 Å². The van der Waals surface area contributed by atoms with Crippen LogP contribution in [0.25, 0.3) is 22.3 Å². The van der Waals surface area contributed by atoms with Crippen molar-refractivity contribution >= 4 is 11.0 Å². The summed E-state index contributed by atoms with van der Waals surface area (Å²) in [5.74, 6) is 0.625. The largest absolute Gasteiger partial charge is 0.504 e. The van der Waals surface area contributed by atoms with E-state index in [0.29, 0.717) is 17.1 Å². The molecule has 0 spiro atoms. The minimum absolute atomic E-state index is 0.0554. The van der Waals surface area contributed by atoms with Gasteiger partial charge in [-0.15, -0.1) is 0 Å². The molecular weight excluding hydrogens is 288 g/mol. The summed E-state index contributed by atoms with van der Waals surface area (Å²) < 4.78 is 16.1. The Kier molecular flexibility index (Phi) is 2.53. The van der Waals surface area contributed by atoms with Crippen LogP contribution < -0.4 is 14.9 Å². The standard InChI is InChI=1S/C16H10O6/c17-10-3-2-9-11(18)6-13(22-16(9)15(10)19)8-1-4-12-14(5-8)21-7-20-12/h1-6,17,19H,7H2. The molecule has 0 bridgehead atoms. The lowest BCUT2D eigenvalue weighted by molar-refractivity contribution is 0.174. The van der Waals surface area contributed by atoms with Gasteiger partial charge < -0.3 is 24.1 Å². The zero-order valence-electron chi connectivity index (χ0n) is 11.2. The van der Waals surface area contributed by atoms with Crippen LogP contribution in [0.4, 0.5) is 0 Å². The van der Waals surface area contributed by atoms with Crippen LogP contribution in [-0.2, 0) is 0 Å².